The largest absolute Gasteiger partial charge is 0.377 e. The van der Waals surface area contributed by atoms with Crippen LogP contribution in [-0.4, -0.2) is 23.9 Å². The van der Waals surface area contributed by atoms with E-state index in [4.69, 9.17) is 10.5 Å². The van der Waals surface area contributed by atoms with Gasteiger partial charge in [0.05, 0.1) is 6.10 Å². The van der Waals surface area contributed by atoms with Gasteiger partial charge in [0.25, 0.3) is 0 Å². The van der Waals surface area contributed by atoms with E-state index in [9.17, 15) is 4.79 Å². The van der Waals surface area contributed by atoms with Crippen molar-refractivity contribution in [3.63, 3.8) is 0 Å². The molecule has 2 N–H and O–H groups in total. The average molecular weight is 251 g/mol. The van der Waals surface area contributed by atoms with Crippen molar-refractivity contribution in [3.05, 3.63) is 35.4 Å². The zero-order valence-electron chi connectivity index (χ0n) is 9.89. The molecule has 0 aromatic heterocycles. The molecule has 1 aliphatic rings. The second kappa shape index (κ2) is 5.56. The second-order valence-electron chi connectivity index (χ2n) is 4.28. The van der Waals surface area contributed by atoms with Crippen LogP contribution in [0.1, 0.15) is 29.3 Å². The third kappa shape index (κ3) is 3.23. The highest BCUT2D eigenvalue weighted by Crippen LogP contribution is 2.29. The number of thioether (sulfide) groups is 1. The predicted molar refractivity (Wildman–Crippen MR) is 70.1 cm³/mol. The van der Waals surface area contributed by atoms with Gasteiger partial charge in [-0.15, -0.1) is 0 Å². The first-order valence-electron chi connectivity index (χ1n) is 5.79. The number of amides is 1. The average Bonchev–Trinajstić information content (AvgIpc) is 2.72. The number of rotatable bonds is 4. The van der Waals surface area contributed by atoms with Crippen molar-refractivity contribution in [2.75, 3.05) is 6.61 Å². The van der Waals surface area contributed by atoms with E-state index in [1.165, 1.54) is 0 Å². The molecule has 2 rings (SSSR count). The number of primary amides is 1. The van der Waals surface area contributed by atoms with Crippen LogP contribution in [0, 0.1) is 0 Å². The van der Waals surface area contributed by atoms with E-state index in [-0.39, 0.29) is 5.91 Å². The van der Waals surface area contributed by atoms with Crippen LogP contribution in [0.4, 0.5) is 0 Å². The molecule has 3 nitrogen and oxygen atoms in total. The number of hydrogen-bond acceptors (Lipinski definition) is 3. The lowest BCUT2D eigenvalue weighted by Gasteiger charge is -2.13. The summed E-state index contributed by atoms with van der Waals surface area (Å²) < 4.78 is 5.52. The molecule has 2 atom stereocenters. The van der Waals surface area contributed by atoms with Gasteiger partial charge in [-0.05, 0) is 31.0 Å². The lowest BCUT2D eigenvalue weighted by atomic mass is 10.1. The summed E-state index contributed by atoms with van der Waals surface area (Å²) in [5.41, 5.74) is 6.98. The van der Waals surface area contributed by atoms with Crippen molar-refractivity contribution in [3.8, 4) is 0 Å². The number of carbonyl (C=O) groups excluding carboxylic acids is 1. The fourth-order valence-electron chi connectivity index (χ4n) is 1.95. The van der Waals surface area contributed by atoms with Gasteiger partial charge in [0.15, 0.2) is 0 Å². The zero-order valence-corrected chi connectivity index (χ0v) is 10.7. The highest BCUT2D eigenvalue weighted by molar-refractivity contribution is 7.99. The van der Waals surface area contributed by atoms with Crippen molar-refractivity contribution in [2.24, 2.45) is 5.73 Å². The third-order valence-corrected chi connectivity index (χ3v) is 4.53. The van der Waals surface area contributed by atoms with Crippen molar-refractivity contribution < 1.29 is 9.53 Å². The minimum Gasteiger partial charge on any atom is -0.377 e. The first-order chi connectivity index (χ1) is 8.16. The van der Waals surface area contributed by atoms with Gasteiger partial charge in [-0.1, -0.05) is 12.1 Å². The first-order valence-corrected chi connectivity index (χ1v) is 6.83. The van der Waals surface area contributed by atoms with E-state index in [2.05, 4.69) is 6.92 Å². The quantitative estimate of drug-likeness (QED) is 0.892. The molecule has 1 aromatic rings. The fourth-order valence-corrected chi connectivity index (χ4v) is 3.15. The standard InChI is InChI=1S/C13H17NO2S/c1-9-12(5-6-16-9)17-8-10-3-2-4-11(7-10)13(14)15/h2-4,7,9,12H,5-6,8H2,1H3,(H2,14,15)/t9-,12+/m0/s1. The predicted octanol–water partition coefficient (Wildman–Crippen LogP) is 2.20. The Bertz CT molecular complexity index is 408. The summed E-state index contributed by atoms with van der Waals surface area (Å²) in [7, 11) is 0. The summed E-state index contributed by atoms with van der Waals surface area (Å²) in [4.78, 5) is 11.1. The van der Waals surface area contributed by atoms with Gasteiger partial charge in [0, 0.05) is 23.2 Å². The lowest BCUT2D eigenvalue weighted by molar-refractivity contribution is 0.1000. The molecule has 1 aliphatic heterocycles. The molecule has 17 heavy (non-hydrogen) atoms. The van der Waals surface area contributed by atoms with E-state index in [1.807, 2.05) is 30.0 Å². The van der Waals surface area contributed by atoms with Gasteiger partial charge >= 0.3 is 0 Å². The van der Waals surface area contributed by atoms with Gasteiger partial charge < -0.3 is 10.5 Å². The molecule has 4 heteroatoms. The number of benzene rings is 1. The highest BCUT2D eigenvalue weighted by atomic mass is 32.2. The van der Waals surface area contributed by atoms with Gasteiger partial charge in [-0.25, -0.2) is 0 Å². The summed E-state index contributed by atoms with van der Waals surface area (Å²) in [6.07, 6.45) is 1.45. The van der Waals surface area contributed by atoms with Crippen molar-refractivity contribution in [1.82, 2.24) is 0 Å². The van der Waals surface area contributed by atoms with Crippen LogP contribution in [-0.2, 0) is 10.5 Å². The Morgan fingerprint density at radius 2 is 2.41 bits per heavy atom. The molecule has 0 unspecified atom stereocenters. The van der Waals surface area contributed by atoms with Crippen LogP contribution in [0.3, 0.4) is 0 Å². The molecule has 0 aliphatic carbocycles. The third-order valence-electron chi connectivity index (χ3n) is 2.98. The number of ether oxygens (including phenoxy) is 1. The highest BCUT2D eigenvalue weighted by Gasteiger charge is 2.24. The Kier molecular flexibility index (Phi) is 4.07. The minimum absolute atomic E-state index is 0.333. The minimum atomic E-state index is -0.366. The Labute approximate surface area is 106 Å². The fraction of sp³-hybridized carbons (Fsp3) is 0.462. The lowest BCUT2D eigenvalue weighted by Crippen LogP contribution is -2.14. The maximum absolute atomic E-state index is 11.1. The second-order valence-corrected chi connectivity index (χ2v) is 5.51. The maximum atomic E-state index is 11.1. The van der Waals surface area contributed by atoms with Crippen molar-refractivity contribution in [2.45, 2.75) is 30.5 Å². The van der Waals surface area contributed by atoms with Crippen LogP contribution in [0.2, 0.25) is 0 Å². The molecule has 1 amide bonds. The summed E-state index contributed by atoms with van der Waals surface area (Å²) in [6, 6.07) is 7.53. The molecule has 0 bridgehead atoms. The molecular formula is C13H17NO2S. The molecular weight excluding hydrogens is 234 g/mol. The van der Waals surface area contributed by atoms with Crippen LogP contribution in [0.25, 0.3) is 0 Å². The molecule has 1 saturated heterocycles. The smallest absolute Gasteiger partial charge is 0.248 e. The van der Waals surface area contributed by atoms with E-state index >= 15 is 0 Å². The Hall–Kier alpha value is -1.00. The van der Waals surface area contributed by atoms with Crippen molar-refractivity contribution in [1.29, 1.82) is 0 Å². The van der Waals surface area contributed by atoms with E-state index < -0.39 is 0 Å². The molecule has 1 fully saturated rings. The van der Waals surface area contributed by atoms with Crippen LogP contribution in [0.5, 0.6) is 0 Å². The summed E-state index contributed by atoms with van der Waals surface area (Å²) in [5.74, 6) is 0.536. The first kappa shape index (κ1) is 12.5. The molecule has 0 spiro atoms. The van der Waals surface area contributed by atoms with E-state index in [0.717, 1.165) is 24.3 Å². The Balaban J connectivity index is 1.94. The van der Waals surface area contributed by atoms with Gasteiger partial charge in [0.1, 0.15) is 0 Å². The topological polar surface area (TPSA) is 52.3 Å². The summed E-state index contributed by atoms with van der Waals surface area (Å²) >= 11 is 1.89. The maximum Gasteiger partial charge on any atom is 0.248 e. The number of carbonyl (C=O) groups is 1. The number of nitrogens with two attached hydrogens (primary N) is 1. The van der Waals surface area contributed by atoms with Crippen LogP contribution < -0.4 is 5.73 Å². The Morgan fingerprint density at radius 3 is 3.06 bits per heavy atom. The molecule has 0 saturated carbocycles. The van der Waals surface area contributed by atoms with Gasteiger partial charge in [-0.3, -0.25) is 4.79 Å². The summed E-state index contributed by atoms with van der Waals surface area (Å²) in [6.45, 7) is 2.98. The molecule has 92 valence electrons. The van der Waals surface area contributed by atoms with Crippen molar-refractivity contribution >= 4 is 17.7 Å². The normalized spacial score (nSPS) is 23.8. The van der Waals surface area contributed by atoms with Gasteiger partial charge in [-0.2, -0.15) is 11.8 Å². The number of hydrogen-bond donors (Lipinski definition) is 1. The zero-order chi connectivity index (χ0) is 12.3. The van der Waals surface area contributed by atoms with Crippen LogP contribution >= 0.6 is 11.8 Å². The monoisotopic (exact) mass is 251 g/mol. The molecule has 0 radical (unpaired) electrons. The molecule has 1 aromatic carbocycles. The SMILES string of the molecule is C[C@@H]1OCC[C@H]1SCc1cccc(C(N)=O)c1. The molecule has 1 heterocycles. The van der Waals surface area contributed by atoms with Crippen LogP contribution in [0.15, 0.2) is 24.3 Å². The van der Waals surface area contributed by atoms with Gasteiger partial charge in [0.2, 0.25) is 5.91 Å². The van der Waals surface area contributed by atoms with E-state index in [0.29, 0.717) is 16.9 Å². The Morgan fingerprint density at radius 1 is 1.59 bits per heavy atom. The van der Waals surface area contributed by atoms with E-state index in [1.54, 1.807) is 6.07 Å². The summed E-state index contributed by atoms with van der Waals surface area (Å²) in [5, 5.41) is 0.562.